The summed E-state index contributed by atoms with van der Waals surface area (Å²) in [5.41, 5.74) is 0.663. The van der Waals surface area contributed by atoms with Gasteiger partial charge in [-0.2, -0.15) is 0 Å². The monoisotopic (exact) mass is 330 g/mol. The minimum Gasteiger partial charge on any atom is -0.550 e. The third-order valence-electron chi connectivity index (χ3n) is 6.48. The lowest BCUT2D eigenvalue weighted by molar-refractivity contribution is -0.313. The average molecular weight is 330 g/mol. The molecule has 4 aliphatic rings. The minimum absolute atomic E-state index is 0.0817. The van der Waals surface area contributed by atoms with Crippen molar-refractivity contribution in [1.82, 2.24) is 4.90 Å². The summed E-state index contributed by atoms with van der Waals surface area (Å²) in [5, 5.41) is 11.5. The Morgan fingerprint density at radius 2 is 2.21 bits per heavy atom. The van der Waals surface area contributed by atoms with Crippen LogP contribution < -0.4 is 5.11 Å². The van der Waals surface area contributed by atoms with E-state index in [0.717, 1.165) is 6.42 Å². The maximum absolute atomic E-state index is 12.9. The maximum Gasteiger partial charge on any atom is 0.229 e. The molecule has 2 fully saturated rings. The fourth-order valence-corrected chi connectivity index (χ4v) is 5.42. The molecule has 3 aliphatic heterocycles. The fraction of sp³-hybridized carbons (Fsp3) is 0.684. The first-order chi connectivity index (χ1) is 11.3. The molecule has 0 radical (unpaired) electrons. The zero-order chi connectivity index (χ0) is 17.2. The zero-order valence-electron chi connectivity index (χ0n) is 14.4. The van der Waals surface area contributed by atoms with Gasteiger partial charge in [-0.3, -0.25) is 4.79 Å². The van der Waals surface area contributed by atoms with Crippen LogP contribution in [0.1, 0.15) is 27.2 Å². The van der Waals surface area contributed by atoms with E-state index in [-0.39, 0.29) is 5.91 Å². The third kappa shape index (κ3) is 2.10. The number of hydrogen-bond donors (Lipinski definition) is 0. The van der Waals surface area contributed by atoms with Crippen LogP contribution in [0.25, 0.3) is 0 Å². The lowest BCUT2D eigenvalue weighted by atomic mass is 9.75. The van der Waals surface area contributed by atoms with E-state index in [1.165, 1.54) is 5.57 Å². The highest BCUT2D eigenvalue weighted by atomic mass is 16.5. The molecule has 2 bridgehead atoms. The van der Waals surface area contributed by atoms with Gasteiger partial charge < -0.3 is 19.5 Å². The Morgan fingerprint density at radius 3 is 2.88 bits per heavy atom. The highest BCUT2D eigenvalue weighted by Crippen LogP contribution is 2.52. The van der Waals surface area contributed by atoms with Gasteiger partial charge in [0.2, 0.25) is 5.91 Å². The summed E-state index contributed by atoms with van der Waals surface area (Å²) in [5.74, 6) is -1.40. The summed E-state index contributed by atoms with van der Waals surface area (Å²) in [6.45, 7) is 7.74. The summed E-state index contributed by atoms with van der Waals surface area (Å²) >= 11 is 0. The number of carbonyl (C=O) groups excluding carboxylic acids is 2. The molecule has 0 unspecified atom stereocenters. The van der Waals surface area contributed by atoms with Crippen molar-refractivity contribution in [2.24, 2.45) is 29.6 Å². The van der Waals surface area contributed by atoms with Gasteiger partial charge in [0.05, 0.1) is 18.6 Å². The van der Waals surface area contributed by atoms with E-state index in [9.17, 15) is 14.7 Å². The number of rotatable bonds is 3. The van der Waals surface area contributed by atoms with Gasteiger partial charge in [0, 0.05) is 18.4 Å². The molecular weight excluding hydrogens is 306 g/mol. The van der Waals surface area contributed by atoms with Crippen LogP contribution in [0, 0.1) is 29.6 Å². The van der Waals surface area contributed by atoms with Gasteiger partial charge in [0.15, 0.2) is 0 Å². The van der Waals surface area contributed by atoms with E-state index >= 15 is 0 Å². The topological polar surface area (TPSA) is 69.7 Å². The molecular formula is C19H24NO4-. The van der Waals surface area contributed by atoms with Crippen LogP contribution >= 0.6 is 0 Å². The predicted octanol–water partition coefficient (Wildman–Crippen LogP) is 0.757. The van der Waals surface area contributed by atoms with Crippen LogP contribution in [0.15, 0.2) is 23.8 Å². The Hall–Kier alpha value is -1.62. The molecule has 7 atom stereocenters. The summed E-state index contributed by atoms with van der Waals surface area (Å²) < 4.78 is 5.91. The smallest absolute Gasteiger partial charge is 0.229 e. The lowest BCUT2D eigenvalue weighted by Gasteiger charge is -2.36. The highest BCUT2D eigenvalue weighted by Gasteiger charge is 2.65. The average Bonchev–Trinajstić information content (AvgIpc) is 3.11. The normalized spacial score (nSPS) is 46.4. The van der Waals surface area contributed by atoms with Gasteiger partial charge in [-0.15, -0.1) is 0 Å². The van der Waals surface area contributed by atoms with Crippen LogP contribution in [0.5, 0.6) is 0 Å². The molecule has 0 saturated carbocycles. The first kappa shape index (κ1) is 15.9. The molecule has 1 aliphatic carbocycles. The van der Waals surface area contributed by atoms with E-state index in [1.807, 2.05) is 11.0 Å². The Kier molecular flexibility index (Phi) is 3.43. The Bertz CT molecular complexity index is 654. The number of fused-ring (bicyclic) bond motifs is 1. The number of amides is 1. The van der Waals surface area contributed by atoms with E-state index in [0.29, 0.717) is 30.8 Å². The Morgan fingerprint density at radius 1 is 1.46 bits per heavy atom. The van der Waals surface area contributed by atoms with E-state index < -0.39 is 29.5 Å². The highest BCUT2D eigenvalue weighted by molar-refractivity contribution is 5.90. The molecule has 2 saturated heterocycles. The molecule has 5 nitrogen and oxygen atoms in total. The van der Waals surface area contributed by atoms with Crippen LogP contribution in [-0.2, 0) is 14.3 Å². The number of likely N-dealkylation sites (tertiary alicyclic amines) is 1. The summed E-state index contributed by atoms with van der Waals surface area (Å²) in [7, 11) is 0. The van der Waals surface area contributed by atoms with Crippen molar-refractivity contribution < 1.29 is 19.4 Å². The molecule has 3 heterocycles. The molecule has 0 aromatic heterocycles. The largest absolute Gasteiger partial charge is 0.550 e. The third-order valence-corrected chi connectivity index (χ3v) is 6.48. The number of allylic oxidation sites excluding steroid dienone is 2. The van der Waals surface area contributed by atoms with Gasteiger partial charge in [0.25, 0.3) is 0 Å². The molecule has 0 aromatic carbocycles. The van der Waals surface area contributed by atoms with Crippen molar-refractivity contribution in [3.8, 4) is 0 Å². The molecule has 4 rings (SSSR count). The van der Waals surface area contributed by atoms with E-state index in [4.69, 9.17) is 4.74 Å². The first-order valence-electron chi connectivity index (χ1n) is 8.86. The van der Waals surface area contributed by atoms with Crippen LogP contribution in [0.4, 0.5) is 0 Å². The Labute approximate surface area is 142 Å². The second-order valence-corrected chi connectivity index (χ2v) is 8.16. The molecule has 1 spiro atoms. The van der Waals surface area contributed by atoms with Gasteiger partial charge >= 0.3 is 0 Å². The van der Waals surface area contributed by atoms with E-state index in [1.54, 1.807) is 6.08 Å². The summed E-state index contributed by atoms with van der Waals surface area (Å²) in [6.07, 6.45) is 6.54. The van der Waals surface area contributed by atoms with Gasteiger partial charge in [0.1, 0.15) is 5.60 Å². The molecule has 5 heteroatoms. The number of ether oxygens (including phenoxy) is 1. The first-order valence-corrected chi connectivity index (χ1v) is 8.86. The number of aliphatic carboxylic acids is 1. The maximum atomic E-state index is 12.9. The van der Waals surface area contributed by atoms with Crippen molar-refractivity contribution in [3.05, 3.63) is 23.8 Å². The molecule has 0 aromatic rings. The standard InChI is InChI=1S/C19H25NO4/c1-10-6-11(2)13(12(3)7-10)8-20-9-19-5-4-14(24-19)15(18(22)23)16(19)17(20)21/h4-6,11-16H,7-9H2,1-3H3,(H,22,23)/p-1/t11-,12+,13+,14-,15+,16-,19-/m1/s1. The number of carboxylic acids is 1. The van der Waals surface area contributed by atoms with Crippen LogP contribution in [-0.4, -0.2) is 41.6 Å². The van der Waals surface area contributed by atoms with Crippen molar-refractivity contribution in [2.45, 2.75) is 38.9 Å². The number of nitrogens with zero attached hydrogens (tertiary/aromatic N) is 1. The fourth-order valence-electron chi connectivity index (χ4n) is 5.42. The molecule has 1 amide bonds. The van der Waals surface area contributed by atoms with Gasteiger partial charge in [-0.05, 0) is 31.1 Å². The number of carboxylic acid groups (broad SMARTS) is 1. The molecule has 24 heavy (non-hydrogen) atoms. The molecule has 130 valence electrons. The Balaban J connectivity index is 1.56. The van der Waals surface area contributed by atoms with Crippen molar-refractivity contribution in [2.75, 3.05) is 13.1 Å². The second-order valence-electron chi connectivity index (χ2n) is 8.16. The van der Waals surface area contributed by atoms with Crippen LogP contribution in [0.2, 0.25) is 0 Å². The summed E-state index contributed by atoms with van der Waals surface area (Å²) in [4.78, 5) is 26.3. The number of hydrogen-bond acceptors (Lipinski definition) is 4. The quantitative estimate of drug-likeness (QED) is 0.716. The van der Waals surface area contributed by atoms with Crippen molar-refractivity contribution in [3.63, 3.8) is 0 Å². The zero-order valence-corrected chi connectivity index (χ0v) is 14.4. The SMILES string of the molecule is CC1=C[C@@H](C)[C@H](CN2C[C@@]34C=C[C@@H](O3)[C@H](C(=O)[O-])[C@@H]4C2=O)[C@@H](C)C1. The molecule has 0 N–H and O–H groups in total. The van der Waals surface area contributed by atoms with Crippen LogP contribution in [0.3, 0.4) is 0 Å². The number of carbonyl (C=O) groups is 2. The summed E-state index contributed by atoms with van der Waals surface area (Å²) in [6, 6.07) is 0. The predicted molar refractivity (Wildman–Crippen MR) is 85.5 cm³/mol. The minimum atomic E-state index is -1.18. The van der Waals surface area contributed by atoms with E-state index in [2.05, 4.69) is 26.8 Å². The van der Waals surface area contributed by atoms with Gasteiger partial charge in [-0.25, -0.2) is 0 Å². The van der Waals surface area contributed by atoms with Gasteiger partial charge in [-0.1, -0.05) is 37.6 Å². The second kappa shape index (κ2) is 5.19. The lowest BCUT2D eigenvalue weighted by Crippen LogP contribution is -2.45. The van der Waals surface area contributed by atoms with Crippen molar-refractivity contribution in [1.29, 1.82) is 0 Å². The van der Waals surface area contributed by atoms with Crippen molar-refractivity contribution >= 4 is 11.9 Å².